The third-order valence-corrected chi connectivity index (χ3v) is 5.88. The molecule has 2 atom stereocenters. The third kappa shape index (κ3) is 5.10. The highest BCUT2D eigenvalue weighted by atomic mass is 35.5. The van der Waals surface area contributed by atoms with E-state index in [-0.39, 0.29) is 35.8 Å². The van der Waals surface area contributed by atoms with Gasteiger partial charge in [-0.05, 0) is 55.2 Å². The number of pyridine rings is 1. The third-order valence-electron chi connectivity index (χ3n) is 5.50. The van der Waals surface area contributed by atoms with Crippen LogP contribution in [0.3, 0.4) is 0 Å². The van der Waals surface area contributed by atoms with Gasteiger partial charge < -0.3 is 14.7 Å². The van der Waals surface area contributed by atoms with E-state index in [9.17, 15) is 14.7 Å². The molecule has 1 aliphatic rings. The molecule has 31 heavy (non-hydrogen) atoms. The summed E-state index contributed by atoms with van der Waals surface area (Å²) in [5.74, 6) is -0.340. The minimum atomic E-state index is -0.925. The van der Waals surface area contributed by atoms with Crippen molar-refractivity contribution in [2.45, 2.75) is 37.8 Å². The van der Waals surface area contributed by atoms with Crippen LogP contribution in [0, 0.1) is 0 Å². The first-order valence-corrected chi connectivity index (χ1v) is 10.5. The number of aliphatic hydroxyl groups is 1. The lowest BCUT2D eigenvalue weighted by molar-refractivity contribution is -0.144. The number of aromatic nitrogens is 1. The number of hydrogen-bond acceptors (Lipinski definition) is 6. The van der Waals surface area contributed by atoms with Crippen LogP contribution in [0.15, 0.2) is 36.4 Å². The second-order valence-electron chi connectivity index (χ2n) is 7.52. The van der Waals surface area contributed by atoms with E-state index < -0.39 is 17.4 Å². The molecule has 2 unspecified atom stereocenters. The van der Waals surface area contributed by atoms with Crippen LogP contribution in [0.2, 0.25) is 10.3 Å². The predicted octanol–water partition coefficient (Wildman–Crippen LogP) is 2.71. The molecule has 1 aliphatic heterocycles. The molecular weight excluding hydrogens is 445 g/mol. The van der Waals surface area contributed by atoms with Crippen molar-refractivity contribution >= 4 is 35.0 Å². The summed E-state index contributed by atoms with van der Waals surface area (Å²) < 4.78 is 5.77. The van der Waals surface area contributed by atoms with Crippen molar-refractivity contribution in [3.63, 3.8) is 0 Å². The Morgan fingerprint density at radius 1 is 1.29 bits per heavy atom. The molecule has 0 saturated carbocycles. The van der Waals surface area contributed by atoms with Crippen molar-refractivity contribution in [2.75, 3.05) is 13.2 Å². The summed E-state index contributed by atoms with van der Waals surface area (Å²) in [4.78, 5) is 30.4. The summed E-state index contributed by atoms with van der Waals surface area (Å²) in [6.07, 6.45) is 0.546. The number of aliphatic hydroxyl groups excluding tert-OH is 1. The first kappa shape index (κ1) is 23.3. The maximum absolute atomic E-state index is 13.1. The lowest BCUT2D eigenvalue weighted by atomic mass is 9.81. The summed E-state index contributed by atoms with van der Waals surface area (Å²) in [7, 11) is 0. The van der Waals surface area contributed by atoms with Crippen LogP contribution in [0.5, 0.6) is 5.75 Å². The van der Waals surface area contributed by atoms with Gasteiger partial charge >= 0.3 is 0 Å². The highest BCUT2D eigenvalue weighted by Gasteiger charge is 2.47. The van der Waals surface area contributed by atoms with E-state index in [1.807, 2.05) is 19.1 Å². The molecule has 1 aromatic carbocycles. The number of likely N-dealkylation sites (tertiary alicyclic amines) is 1. The molecule has 0 bridgehead atoms. The van der Waals surface area contributed by atoms with E-state index in [0.717, 1.165) is 11.1 Å². The number of ether oxygens (including phenoxy) is 1. The average molecular weight is 468 g/mol. The van der Waals surface area contributed by atoms with Crippen molar-refractivity contribution in [1.29, 1.82) is 0 Å². The second-order valence-corrected chi connectivity index (χ2v) is 8.29. The summed E-state index contributed by atoms with van der Waals surface area (Å²) >= 11 is 11.8. The number of halogens is 2. The van der Waals surface area contributed by atoms with E-state index in [4.69, 9.17) is 33.1 Å². The van der Waals surface area contributed by atoms with Crippen molar-refractivity contribution in [2.24, 2.45) is 0 Å². The fourth-order valence-corrected chi connectivity index (χ4v) is 4.25. The van der Waals surface area contributed by atoms with Gasteiger partial charge in [0, 0.05) is 13.2 Å². The standard InChI is InChI=1S/C21H23Cl2N3O5/c1-21(7-8-26(20(21)29)16(6-9-27)19(28)25-30)14-2-4-15(5-3-14)31-12-13-10-17(22)24-18(23)11-13/h2-5,10-11,16,27,30H,6-9,12H2,1H3,(H,25,28). The van der Waals surface area contributed by atoms with Crippen molar-refractivity contribution < 1.29 is 24.6 Å². The summed E-state index contributed by atoms with van der Waals surface area (Å²) in [6, 6.07) is 9.58. The Morgan fingerprint density at radius 3 is 2.52 bits per heavy atom. The Bertz CT molecular complexity index is 936. The monoisotopic (exact) mass is 467 g/mol. The predicted molar refractivity (Wildman–Crippen MR) is 114 cm³/mol. The van der Waals surface area contributed by atoms with Crippen molar-refractivity contribution in [1.82, 2.24) is 15.4 Å². The van der Waals surface area contributed by atoms with E-state index in [0.29, 0.717) is 18.7 Å². The van der Waals surface area contributed by atoms with Gasteiger partial charge in [-0.15, -0.1) is 0 Å². The minimum absolute atomic E-state index is 0.0457. The maximum atomic E-state index is 13.1. The molecule has 3 N–H and O–H groups in total. The van der Waals surface area contributed by atoms with Gasteiger partial charge in [0.25, 0.3) is 5.91 Å². The lowest BCUT2D eigenvalue weighted by Crippen LogP contribution is -2.49. The fourth-order valence-electron chi connectivity index (χ4n) is 3.74. The van der Waals surface area contributed by atoms with E-state index in [1.165, 1.54) is 4.90 Å². The molecule has 8 nitrogen and oxygen atoms in total. The molecule has 2 heterocycles. The van der Waals surface area contributed by atoms with Crippen LogP contribution in [0.4, 0.5) is 0 Å². The van der Waals surface area contributed by atoms with E-state index >= 15 is 0 Å². The Balaban J connectivity index is 1.71. The normalized spacial score (nSPS) is 19.4. The fraction of sp³-hybridized carbons (Fsp3) is 0.381. The van der Waals surface area contributed by atoms with E-state index in [1.54, 1.807) is 29.7 Å². The molecule has 0 radical (unpaired) electrons. The Labute approximate surface area is 189 Å². The van der Waals surface area contributed by atoms with Gasteiger partial charge in [0.2, 0.25) is 5.91 Å². The molecule has 2 aromatic rings. The molecule has 1 fully saturated rings. The zero-order valence-corrected chi connectivity index (χ0v) is 18.4. The molecule has 1 saturated heterocycles. The molecule has 3 rings (SSSR count). The van der Waals surface area contributed by atoms with Gasteiger partial charge in [-0.25, -0.2) is 10.5 Å². The van der Waals surface area contributed by atoms with Crippen LogP contribution in [-0.4, -0.2) is 51.2 Å². The number of hydroxylamine groups is 1. The highest BCUT2D eigenvalue weighted by Crippen LogP contribution is 2.37. The number of hydrogen-bond donors (Lipinski definition) is 3. The largest absolute Gasteiger partial charge is 0.489 e. The molecule has 0 spiro atoms. The lowest BCUT2D eigenvalue weighted by Gasteiger charge is -2.28. The number of rotatable bonds is 8. The second kappa shape index (κ2) is 9.82. The Morgan fingerprint density at radius 2 is 1.94 bits per heavy atom. The quantitative estimate of drug-likeness (QED) is 0.312. The first-order valence-electron chi connectivity index (χ1n) is 9.69. The molecule has 10 heteroatoms. The topological polar surface area (TPSA) is 112 Å². The van der Waals surface area contributed by atoms with Gasteiger partial charge in [-0.2, -0.15) is 0 Å². The van der Waals surface area contributed by atoms with Crippen LogP contribution in [0.25, 0.3) is 0 Å². The van der Waals surface area contributed by atoms with Gasteiger partial charge in [0.05, 0.1) is 5.41 Å². The number of carbonyl (C=O) groups excluding carboxylic acids is 2. The zero-order chi connectivity index (χ0) is 22.6. The summed E-state index contributed by atoms with van der Waals surface area (Å²) in [5.41, 5.74) is 2.31. The van der Waals surface area contributed by atoms with Gasteiger partial charge in [-0.1, -0.05) is 35.3 Å². The van der Waals surface area contributed by atoms with Gasteiger partial charge in [0.15, 0.2) is 0 Å². The van der Waals surface area contributed by atoms with E-state index in [2.05, 4.69) is 4.98 Å². The minimum Gasteiger partial charge on any atom is -0.489 e. The van der Waals surface area contributed by atoms with Crippen LogP contribution in [-0.2, 0) is 21.6 Å². The van der Waals surface area contributed by atoms with Gasteiger partial charge in [-0.3, -0.25) is 14.8 Å². The van der Waals surface area contributed by atoms with Crippen molar-refractivity contribution in [3.05, 3.63) is 57.8 Å². The maximum Gasteiger partial charge on any atom is 0.266 e. The SMILES string of the molecule is CC1(c2ccc(OCc3cc(Cl)nc(Cl)c3)cc2)CCN(C(CCO)C(=O)NO)C1=O. The average Bonchev–Trinajstić information content (AvgIpc) is 3.05. The first-order chi connectivity index (χ1) is 14.8. The van der Waals surface area contributed by atoms with Crippen LogP contribution >= 0.6 is 23.2 Å². The summed E-state index contributed by atoms with van der Waals surface area (Å²) in [5, 5.41) is 18.8. The molecule has 166 valence electrons. The molecule has 2 amide bonds. The van der Waals surface area contributed by atoms with Crippen LogP contribution in [0.1, 0.15) is 30.9 Å². The molecular formula is C21H23Cl2N3O5. The number of amides is 2. The Kier molecular flexibility index (Phi) is 7.38. The number of nitrogens with zero attached hydrogens (tertiary/aromatic N) is 2. The molecule has 1 aromatic heterocycles. The number of nitrogens with one attached hydrogen (secondary N) is 1. The number of benzene rings is 1. The smallest absolute Gasteiger partial charge is 0.266 e. The van der Waals surface area contributed by atoms with Gasteiger partial charge in [0.1, 0.15) is 28.7 Å². The zero-order valence-electron chi connectivity index (χ0n) is 16.8. The number of carbonyl (C=O) groups is 2. The Hall–Kier alpha value is -2.39. The highest BCUT2D eigenvalue weighted by molar-refractivity contribution is 6.32. The molecule has 0 aliphatic carbocycles. The van der Waals surface area contributed by atoms with Crippen molar-refractivity contribution in [3.8, 4) is 5.75 Å². The summed E-state index contributed by atoms with van der Waals surface area (Å²) in [6.45, 7) is 2.14. The van der Waals surface area contributed by atoms with Crippen LogP contribution < -0.4 is 10.2 Å².